The summed E-state index contributed by atoms with van der Waals surface area (Å²) in [6, 6.07) is 8.05. The Labute approximate surface area is 107 Å². The van der Waals surface area contributed by atoms with Crippen molar-refractivity contribution < 1.29 is 0 Å². The highest BCUT2D eigenvalue weighted by Gasteiger charge is 2.07. The minimum Gasteiger partial charge on any atom is -0.326 e. The van der Waals surface area contributed by atoms with Crippen LogP contribution in [-0.4, -0.2) is 9.78 Å². The zero-order valence-corrected chi connectivity index (χ0v) is 10.9. The molecule has 0 aliphatic carbocycles. The second-order valence-corrected chi connectivity index (χ2v) is 4.73. The van der Waals surface area contributed by atoms with Gasteiger partial charge in [0.1, 0.15) is 5.15 Å². The minimum absolute atomic E-state index is 0.414. The summed E-state index contributed by atoms with van der Waals surface area (Å²) in [5.74, 6) is 0. The first kappa shape index (κ1) is 11.6. The van der Waals surface area contributed by atoms with E-state index in [0.717, 1.165) is 15.6 Å². The van der Waals surface area contributed by atoms with Crippen LogP contribution in [0.25, 0.3) is 0 Å². The van der Waals surface area contributed by atoms with Gasteiger partial charge in [0.05, 0.1) is 12.7 Å². The fourth-order valence-electron chi connectivity index (χ4n) is 1.46. The lowest BCUT2D eigenvalue weighted by atomic mass is 10.2. The van der Waals surface area contributed by atoms with Crippen molar-refractivity contribution in [3.63, 3.8) is 0 Å². The predicted octanol–water partition coefficient (Wildman–Crippen LogP) is 2.81. The molecule has 0 radical (unpaired) electrons. The van der Waals surface area contributed by atoms with E-state index in [-0.39, 0.29) is 0 Å². The van der Waals surface area contributed by atoms with Gasteiger partial charge in [0.2, 0.25) is 0 Å². The van der Waals surface area contributed by atoms with Crippen LogP contribution < -0.4 is 5.73 Å². The third-order valence-corrected chi connectivity index (χ3v) is 3.22. The number of nitrogens with zero attached hydrogens (tertiary/aromatic N) is 2. The summed E-state index contributed by atoms with van der Waals surface area (Å²) in [6.45, 7) is 1.07. The second-order valence-electron chi connectivity index (χ2n) is 3.45. The fourth-order valence-corrected chi connectivity index (χ4v) is 2.14. The van der Waals surface area contributed by atoms with Crippen molar-refractivity contribution in [3.05, 3.63) is 51.2 Å². The van der Waals surface area contributed by atoms with Gasteiger partial charge in [-0.15, -0.1) is 0 Å². The third-order valence-electron chi connectivity index (χ3n) is 2.29. The molecule has 5 heteroatoms. The Morgan fingerprint density at radius 1 is 1.44 bits per heavy atom. The Kier molecular flexibility index (Phi) is 3.63. The van der Waals surface area contributed by atoms with Gasteiger partial charge in [0.25, 0.3) is 0 Å². The molecule has 0 saturated heterocycles. The summed E-state index contributed by atoms with van der Waals surface area (Å²) in [7, 11) is 0. The van der Waals surface area contributed by atoms with Crippen molar-refractivity contribution in [3.8, 4) is 0 Å². The number of halogens is 2. The van der Waals surface area contributed by atoms with Crippen molar-refractivity contribution in [2.24, 2.45) is 5.73 Å². The van der Waals surface area contributed by atoms with E-state index in [4.69, 9.17) is 17.3 Å². The van der Waals surface area contributed by atoms with E-state index in [0.29, 0.717) is 18.2 Å². The number of nitrogens with two attached hydrogens (primary N) is 1. The molecule has 2 N–H and O–H groups in total. The van der Waals surface area contributed by atoms with Crippen LogP contribution in [0.4, 0.5) is 0 Å². The van der Waals surface area contributed by atoms with Gasteiger partial charge in [-0.3, -0.25) is 0 Å². The highest BCUT2D eigenvalue weighted by molar-refractivity contribution is 9.10. The Bertz CT molecular complexity index is 496. The van der Waals surface area contributed by atoms with Crippen LogP contribution in [0.3, 0.4) is 0 Å². The van der Waals surface area contributed by atoms with Gasteiger partial charge in [-0.2, -0.15) is 5.10 Å². The number of hydrogen-bond acceptors (Lipinski definition) is 2. The SMILES string of the molecule is NCc1cnn(Cc2cccc(Br)c2)c1Cl. The van der Waals surface area contributed by atoms with E-state index < -0.39 is 0 Å². The molecule has 1 aromatic carbocycles. The van der Waals surface area contributed by atoms with Crippen molar-refractivity contribution in [2.75, 3.05) is 0 Å². The molecule has 0 fully saturated rings. The van der Waals surface area contributed by atoms with E-state index in [1.807, 2.05) is 24.3 Å². The molecule has 0 atom stereocenters. The number of aromatic nitrogens is 2. The Morgan fingerprint density at radius 2 is 2.25 bits per heavy atom. The molecule has 0 saturated carbocycles. The van der Waals surface area contributed by atoms with Crippen LogP contribution >= 0.6 is 27.5 Å². The normalized spacial score (nSPS) is 10.7. The lowest BCUT2D eigenvalue weighted by Gasteiger charge is -2.04. The Hall–Kier alpha value is -0.840. The maximum Gasteiger partial charge on any atom is 0.131 e. The van der Waals surface area contributed by atoms with Gasteiger partial charge in [0.15, 0.2) is 0 Å². The van der Waals surface area contributed by atoms with Gasteiger partial charge >= 0.3 is 0 Å². The zero-order chi connectivity index (χ0) is 11.5. The molecule has 0 amide bonds. The first-order valence-corrected chi connectivity index (χ1v) is 6.02. The number of benzene rings is 1. The van der Waals surface area contributed by atoms with E-state index in [2.05, 4.69) is 21.0 Å². The monoisotopic (exact) mass is 299 g/mol. The molecule has 16 heavy (non-hydrogen) atoms. The summed E-state index contributed by atoms with van der Waals surface area (Å²) in [5.41, 5.74) is 7.55. The van der Waals surface area contributed by atoms with Crippen LogP contribution in [0, 0.1) is 0 Å². The third kappa shape index (κ3) is 2.45. The highest BCUT2D eigenvalue weighted by atomic mass is 79.9. The van der Waals surface area contributed by atoms with Gasteiger partial charge < -0.3 is 5.73 Å². The van der Waals surface area contributed by atoms with Crippen molar-refractivity contribution in [2.45, 2.75) is 13.1 Å². The van der Waals surface area contributed by atoms with Crippen LogP contribution in [-0.2, 0) is 13.1 Å². The van der Waals surface area contributed by atoms with Crippen LogP contribution in [0.2, 0.25) is 5.15 Å². The average Bonchev–Trinajstić information content (AvgIpc) is 2.60. The van der Waals surface area contributed by atoms with Gasteiger partial charge in [-0.05, 0) is 17.7 Å². The molecule has 1 heterocycles. The quantitative estimate of drug-likeness (QED) is 0.947. The molecule has 2 rings (SSSR count). The summed E-state index contributed by atoms with van der Waals surface area (Å²) >= 11 is 9.55. The van der Waals surface area contributed by atoms with Gasteiger partial charge in [0, 0.05) is 16.6 Å². The van der Waals surface area contributed by atoms with E-state index in [1.54, 1.807) is 10.9 Å². The first-order chi connectivity index (χ1) is 7.70. The predicted molar refractivity (Wildman–Crippen MR) is 68.4 cm³/mol. The molecule has 1 aromatic heterocycles. The molecule has 2 aromatic rings. The molecular formula is C11H11BrClN3. The summed E-state index contributed by atoms with van der Waals surface area (Å²) in [6.07, 6.45) is 1.71. The first-order valence-electron chi connectivity index (χ1n) is 4.85. The molecule has 0 bridgehead atoms. The molecule has 0 spiro atoms. The fraction of sp³-hybridized carbons (Fsp3) is 0.182. The average molecular weight is 301 g/mol. The molecule has 84 valence electrons. The molecule has 3 nitrogen and oxygen atoms in total. The van der Waals surface area contributed by atoms with Crippen molar-refractivity contribution in [1.29, 1.82) is 0 Å². The Morgan fingerprint density at radius 3 is 2.88 bits per heavy atom. The highest BCUT2D eigenvalue weighted by Crippen LogP contribution is 2.18. The van der Waals surface area contributed by atoms with E-state index >= 15 is 0 Å². The van der Waals surface area contributed by atoms with E-state index in [9.17, 15) is 0 Å². The van der Waals surface area contributed by atoms with Crippen molar-refractivity contribution in [1.82, 2.24) is 9.78 Å². The molecule has 0 unspecified atom stereocenters. The van der Waals surface area contributed by atoms with Crippen LogP contribution in [0.15, 0.2) is 34.9 Å². The second kappa shape index (κ2) is 4.99. The maximum absolute atomic E-state index is 6.12. The molecule has 0 aliphatic rings. The zero-order valence-electron chi connectivity index (χ0n) is 8.53. The van der Waals surface area contributed by atoms with Crippen molar-refractivity contribution >= 4 is 27.5 Å². The van der Waals surface area contributed by atoms with Gasteiger partial charge in [-0.1, -0.05) is 39.7 Å². The molecule has 0 aliphatic heterocycles. The lowest BCUT2D eigenvalue weighted by molar-refractivity contribution is 0.687. The molecular weight excluding hydrogens is 289 g/mol. The summed E-state index contributed by atoms with van der Waals surface area (Å²) in [4.78, 5) is 0. The number of hydrogen-bond donors (Lipinski definition) is 1. The smallest absolute Gasteiger partial charge is 0.131 e. The Balaban J connectivity index is 2.24. The van der Waals surface area contributed by atoms with Crippen LogP contribution in [0.1, 0.15) is 11.1 Å². The van der Waals surface area contributed by atoms with Gasteiger partial charge in [-0.25, -0.2) is 4.68 Å². The summed E-state index contributed by atoms with van der Waals surface area (Å²) < 4.78 is 2.79. The minimum atomic E-state index is 0.414. The lowest BCUT2D eigenvalue weighted by Crippen LogP contribution is -2.02. The van der Waals surface area contributed by atoms with Crippen LogP contribution in [0.5, 0.6) is 0 Å². The number of rotatable bonds is 3. The van der Waals surface area contributed by atoms with E-state index in [1.165, 1.54) is 0 Å². The standard InChI is InChI=1S/C11H11BrClN3/c12-10-3-1-2-8(4-10)7-16-11(13)9(5-14)6-15-16/h1-4,6H,5,7,14H2. The maximum atomic E-state index is 6.12. The topological polar surface area (TPSA) is 43.8 Å². The largest absolute Gasteiger partial charge is 0.326 e. The summed E-state index contributed by atoms with van der Waals surface area (Å²) in [5, 5.41) is 4.81.